The minimum Gasteiger partial charge on any atom is -0.493 e. The lowest BCUT2D eigenvalue weighted by molar-refractivity contribution is 0.242. The summed E-state index contributed by atoms with van der Waals surface area (Å²) in [6, 6.07) is 13.7. The number of H-pyrrole nitrogens is 1. The monoisotopic (exact) mass is 353 g/mol. The molecule has 0 unspecified atom stereocenters. The highest BCUT2D eigenvalue weighted by Gasteiger charge is 2.24. The summed E-state index contributed by atoms with van der Waals surface area (Å²) in [6.07, 6.45) is 1.99. The molecular weight excluding hydrogens is 330 g/mol. The molecule has 1 heterocycles. The van der Waals surface area contributed by atoms with Crippen molar-refractivity contribution in [2.75, 3.05) is 27.8 Å². The lowest BCUT2D eigenvalue weighted by Gasteiger charge is -2.21. The van der Waals surface area contributed by atoms with Gasteiger partial charge in [-0.2, -0.15) is 0 Å². The second kappa shape index (κ2) is 7.82. The summed E-state index contributed by atoms with van der Waals surface area (Å²) < 4.78 is 11.1. The van der Waals surface area contributed by atoms with Crippen molar-refractivity contribution < 1.29 is 14.3 Å². The van der Waals surface area contributed by atoms with E-state index < -0.39 is 0 Å². The SMILES string of the molecule is CNC(=O)NC[C@@H](c1cccc(OC)c1OC)c1c[nH]c2ccccc12. The van der Waals surface area contributed by atoms with Crippen molar-refractivity contribution in [1.29, 1.82) is 0 Å². The van der Waals surface area contributed by atoms with E-state index in [0.717, 1.165) is 22.0 Å². The summed E-state index contributed by atoms with van der Waals surface area (Å²) in [5.41, 5.74) is 3.09. The van der Waals surface area contributed by atoms with E-state index in [-0.39, 0.29) is 11.9 Å². The number of carbonyl (C=O) groups is 1. The average molecular weight is 353 g/mol. The molecule has 26 heavy (non-hydrogen) atoms. The highest BCUT2D eigenvalue weighted by atomic mass is 16.5. The second-order valence-corrected chi connectivity index (χ2v) is 5.88. The Morgan fingerprint density at radius 2 is 1.88 bits per heavy atom. The van der Waals surface area contributed by atoms with E-state index in [2.05, 4.69) is 21.7 Å². The highest BCUT2D eigenvalue weighted by Crippen LogP contribution is 2.40. The number of rotatable bonds is 6. The zero-order valence-electron chi connectivity index (χ0n) is 15.1. The second-order valence-electron chi connectivity index (χ2n) is 5.88. The summed E-state index contributed by atoms with van der Waals surface area (Å²) in [4.78, 5) is 15.1. The Hall–Kier alpha value is -3.15. The molecule has 3 rings (SSSR count). The number of hydrogen-bond donors (Lipinski definition) is 3. The van der Waals surface area contributed by atoms with Gasteiger partial charge in [0.1, 0.15) is 0 Å². The predicted octanol–water partition coefficient (Wildman–Crippen LogP) is 3.25. The summed E-state index contributed by atoms with van der Waals surface area (Å²) in [7, 11) is 4.84. The zero-order valence-corrected chi connectivity index (χ0v) is 15.1. The van der Waals surface area contributed by atoms with E-state index in [1.165, 1.54) is 0 Å². The first-order valence-corrected chi connectivity index (χ1v) is 8.42. The van der Waals surface area contributed by atoms with E-state index in [1.807, 2.05) is 42.6 Å². The van der Waals surface area contributed by atoms with Crippen LogP contribution in [0.5, 0.6) is 11.5 Å². The average Bonchev–Trinajstić information content (AvgIpc) is 3.11. The van der Waals surface area contributed by atoms with Crippen LogP contribution in [0.15, 0.2) is 48.7 Å². The smallest absolute Gasteiger partial charge is 0.314 e. The molecule has 1 atom stereocenters. The van der Waals surface area contributed by atoms with Crippen molar-refractivity contribution in [1.82, 2.24) is 15.6 Å². The topological polar surface area (TPSA) is 75.4 Å². The largest absolute Gasteiger partial charge is 0.493 e. The van der Waals surface area contributed by atoms with E-state index >= 15 is 0 Å². The summed E-state index contributed by atoms with van der Waals surface area (Å²) in [6.45, 7) is 0.422. The van der Waals surface area contributed by atoms with Crippen molar-refractivity contribution in [2.45, 2.75) is 5.92 Å². The maximum Gasteiger partial charge on any atom is 0.314 e. The van der Waals surface area contributed by atoms with Crippen LogP contribution in [0.1, 0.15) is 17.0 Å². The first-order chi connectivity index (χ1) is 12.7. The number of amides is 2. The van der Waals surface area contributed by atoms with Crippen molar-refractivity contribution in [3.8, 4) is 11.5 Å². The van der Waals surface area contributed by atoms with Gasteiger partial charge in [0.25, 0.3) is 0 Å². The molecule has 3 aromatic rings. The summed E-state index contributed by atoms with van der Waals surface area (Å²) in [5, 5.41) is 6.62. The van der Waals surface area contributed by atoms with Crippen LogP contribution in [-0.2, 0) is 0 Å². The van der Waals surface area contributed by atoms with E-state index in [1.54, 1.807) is 21.3 Å². The molecule has 3 N–H and O–H groups in total. The van der Waals surface area contributed by atoms with Crippen LogP contribution in [0.4, 0.5) is 4.79 Å². The maximum absolute atomic E-state index is 11.8. The number of carbonyl (C=O) groups excluding carboxylic acids is 1. The number of urea groups is 1. The molecule has 6 heteroatoms. The Bertz CT molecular complexity index is 904. The van der Waals surface area contributed by atoms with Gasteiger partial charge < -0.3 is 25.1 Å². The van der Waals surface area contributed by atoms with Crippen LogP contribution in [0.3, 0.4) is 0 Å². The molecule has 0 aliphatic rings. The molecule has 0 bridgehead atoms. The molecule has 0 spiro atoms. The molecule has 136 valence electrons. The molecule has 6 nitrogen and oxygen atoms in total. The van der Waals surface area contributed by atoms with Gasteiger partial charge in [-0.15, -0.1) is 0 Å². The highest BCUT2D eigenvalue weighted by molar-refractivity contribution is 5.84. The fraction of sp³-hybridized carbons (Fsp3) is 0.250. The summed E-state index contributed by atoms with van der Waals surface area (Å²) in [5.74, 6) is 1.23. The number of benzene rings is 2. The van der Waals surface area contributed by atoms with Gasteiger partial charge in [-0.1, -0.05) is 30.3 Å². The van der Waals surface area contributed by atoms with Gasteiger partial charge in [-0.25, -0.2) is 4.79 Å². The molecular formula is C20H23N3O3. The molecule has 0 radical (unpaired) electrons. The normalized spacial score (nSPS) is 11.8. The minimum atomic E-state index is -0.225. The van der Waals surface area contributed by atoms with Crippen molar-refractivity contribution in [3.05, 3.63) is 59.8 Å². The Morgan fingerprint density at radius 3 is 2.62 bits per heavy atom. The fourth-order valence-corrected chi connectivity index (χ4v) is 3.24. The molecule has 0 fully saturated rings. The van der Waals surface area contributed by atoms with E-state index in [0.29, 0.717) is 18.0 Å². The number of ether oxygens (including phenoxy) is 2. The first kappa shape index (κ1) is 17.7. The standard InChI is InChI=1S/C20H23N3O3/c1-21-20(24)23-12-16(14-8-6-10-18(25-2)19(14)26-3)15-11-22-17-9-5-4-7-13(15)17/h4-11,16,22H,12H2,1-3H3,(H2,21,23,24)/t16-/m0/s1. The number of fused-ring (bicyclic) bond motifs is 1. The van der Waals surface area contributed by atoms with Crippen LogP contribution in [0.25, 0.3) is 10.9 Å². The van der Waals surface area contributed by atoms with E-state index in [9.17, 15) is 4.79 Å². The fourth-order valence-electron chi connectivity index (χ4n) is 3.24. The van der Waals surface area contributed by atoms with Gasteiger partial charge in [0.2, 0.25) is 0 Å². The Balaban J connectivity index is 2.11. The zero-order chi connectivity index (χ0) is 18.5. The van der Waals surface area contributed by atoms with Gasteiger partial charge in [-0.3, -0.25) is 0 Å². The van der Waals surface area contributed by atoms with Gasteiger partial charge in [0.15, 0.2) is 11.5 Å². The number of methoxy groups -OCH3 is 2. The quantitative estimate of drug-likeness (QED) is 0.637. The molecule has 0 saturated heterocycles. The molecule has 0 aliphatic heterocycles. The van der Waals surface area contributed by atoms with E-state index in [4.69, 9.17) is 9.47 Å². The Kier molecular flexibility index (Phi) is 5.31. The van der Waals surface area contributed by atoms with Crippen LogP contribution >= 0.6 is 0 Å². The number of para-hydroxylation sites is 2. The van der Waals surface area contributed by atoms with Crippen molar-refractivity contribution in [3.63, 3.8) is 0 Å². The third-order valence-corrected chi connectivity index (χ3v) is 4.50. The minimum absolute atomic E-state index is 0.103. The number of aromatic nitrogens is 1. The molecule has 0 aliphatic carbocycles. The van der Waals surface area contributed by atoms with Crippen LogP contribution in [0, 0.1) is 0 Å². The lowest BCUT2D eigenvalue weighted by atomic mass is 9.90. The van der Waals surface area contributed by atoms with Gasteiger partial charge in [-0.05, 0) is 17.7 Å². The maximum atomic E-state index is 11.8. The molecule has 0 saturated carbocycles. The van der Waals surface area contributed by atoms with Gasteiger partial charge in [0.05, 0.1) is 14.2 Å². The lowest BCUT2D eigenvalue weighted by Crippen LogP contribution is -2.35. The number of aromatic amines is 1. The molecule has 2 aromatic carbocycles. The summed E-state index contributed by atoms with van der Waals surface area (Å²) >= 11 is 0. The molecule has 1 aromatic heterocycles. The van der Waals surface area contributed by atoms with Crippen LogP contribution < -0.4 is 20.1 Å². The van der Waals surface area contributed by atoms with Crippen LogP contribution in [0.2, 0.25) is 0 Å². The van der Waals surface area contributed by atoms with Gasteiger partial charge >= 0.3 is 6.03 Å². The third-order valence-electron chi connectivity index (χ3n) is 4.50. The van der Waals surface area contributed by atoms with Crippen LogP contribution in [-0.4, -0.2) is 38.8 Å². The predicted molar refractivity (Wildman–Crippen MR) is 102 cm³/mol. The molecule has 2 amide bonds. The third kappa shape index (κ3) is 3.31. The van der Waals surface area contributed by atoms with Crippen molar-refractivity contribution in [2.24, 2.45) is 0 Å². The van der Waals surface area contributed by atoms with Gasteiger partial charge in [0, 0.05) is 42.2 Å². The first-order valence-electron chi connectivity index (χ1n) is 8.42. The Labute approximate surface area is 152 Å². The Morgan fingerprint density at radius 1 is 1.08 bits per heavy atom. The number of hydrogen-bond acceptors (Lipinski definition) is 3. The number of nitrogens with one attached hydrogen (secondary N) is 3. The van der Waals surface area contributed by atoms with Crippen molar-refractivity contribution >= 4 is 16.9 Å².